The van der Waals surface area contributed by atoms with Crippen molar-refractivity contribution >= 4 is 0 Å². The van der Waals surface area contributed by atoms with Gasteiger partial charge in [0, 0.05) is 13.2 Å². The highest BCUT2D eigenvalue weighted by atomic mass is 16.5. The van der Waals surface area contributed by atoms with Crippen LogP contribution < -0.4 is 10.1 Å². The summed E-state index contributed by atoms with van der Waals surface area (Å²) in [6.45, 7) is 6.13. The first kappa shape index (κ1) is 16.3. The molecule has 1 fully saturated rings. The molecule has 2 rings (SSSR count). The van der Waals surface area contributed by atoms with E-state index in [2.05, 4.69) is 17.4 Å². The van der Waals surface area contributed by atoms with Gasteiger partial charge in [-0.15, -0.1) is 0 Å². The number of hydrogen-bond acceptors (Lipinski definition) is 3. The minimum Gasteiger partial charge on any atom is -0.491 e. The maximum atomic E-state index is 5.62. The summed E-state index contributed by atoms with van der Waals surface area (Å²) >= 11 is 0. The summed E-state index contributed by atoms with van der Waals surface area (Å²) < 4.78 is 10.9. The summed E-state index contributed by atoms with van der Waals surface area (Å²) in [4.78, 5) is 0. The number of rotatable bonds is 9. The molecule has 118 valence electrons. The van der Waals surface area contributed by atoms with E-state index in [1.165, 1.54) is 37.7 Å². The van der Waals surface area contributed by atoms with Crippen LogP contribution in [0, 0.1) is 5.92 Å². The molecule has 0 aliphatic heterocycles. The topological polar surface area (TPSA) is 30.5 Å². The fourth-order valence-corrected chi connectivity index (χ4v) is 2.88. The Kier molecular flexibility index (Phi) is 7.61. The highest BCUT2D eigenvalue weighted by molar-refractivity contribution is 5.27. The molecule has 21 heavy (non-hydrogen) atoms. The molecular weight excluding hydrogens is 262 g/mol. The smallest absolute Gasteiger partial charge is 0.119 e. The lowest BCUT2D eigenvalue weighted by Crippen LogP contribution is -2.24. The van der Waals surface area contributed by atoms with Crippen molar-refractivity contribution in [3.8, 4) is 5.75 Å². The lowest BCUT2D eigenvalue weighted by molar-refractivity contribution is 0.110. The minimum atomic E-state index is 0.618. The van der Waals surface area contributed by atoms with Crippen LogP contribution >= 0.6 is 0 Å². The Hall–Kier alpha value is -1.06. The van der Waals surface area contributed by atoms with Gasteiger partial charge in [-0.2, -0.15) is 0 Å². The second-order valence-corrected chi connectivity index (χ2v) is 5.82. The number of benzene rings is 1. The van der Waals surface area contributed by atoms with Crippen LogP contribution in [0.15, 0.2) is 24.3 Å². The van der Waals surface area contributed by atoms with Gasteiger partial charge in [0.2, 0.25) is 0 Å². The van der Waals surface area contributed by atoms with Crippen LogP contribution in [-0.4, -0.2) is 26.4 Å². The molecule has 1 aromatic rings. The van der Waals surface area contributed by atoms with Crippen LogP contribution in [0.2, 0.25) is 0 Å². The monoisotopic (exact) mass is 291 g/mol. The van der Waals surface area contributed by atoms with E-state index in [9.17, 15) is 0 Å². The molecule has 1 aliphatic carbocycles. The van der Waals surface area contributed by atoms with Crippen LogP contribution in [0.1, 0.15) is 44.6 Å². The summed E-state index contributed by atoms with van der Waals surface area (Å²) in [5.74, 6) is 1.81. The molecule has 0 heterocycles. The van der Waals surface area contributed by atoms with Crippen molar-refractivity contribution in [1.29, 1.82) is 0 Å². The first-order valence-corrected chi connectivity index (χ1v) is 8.38. The van der Waals surface area contributed by atoms with E-state index < -0.39 is 0 Å². The molecule has 0 spiro atoms. The minimum absolute atomic E-state index is 0.618. The second-order valence-electron chi connectivity index (χ2n) is 5.82. The fourth-order valence-electron chi connectivity index (χ4n) is 2.88. The summed E-state index contributed by atoms with van der Waals surface area (Å²) in [5, 5.41) is 3.59. The van der Waals surface area contributed by atoms with E-state index >= 15 is 0 Å². The van der Waals surface area contributed by atoms with Gasteiger partial charge in [0.05, 0.1) is 6.61 Å². The maximum absolute atomic E-state index is 5.62. The zero-order valence-electron chi connectivity index (χ0n) is 13.3. The van der Waals surface area contributed by atoms with Crippen molar-refractivity contribution in [2.45, 2.75) is 45.6 Å². The Labute approximate surface area is 129 Å². The van der Waals surface area contributed by atoms with E-state index in [1.807, 2.05) is 19.1 Å². The molecule has 0 atom stereocenters. The van der Waals surface area contributed by atoms with Crippen LogP contribution in [0.25, 0.3) is 0 Å². The van der Waals surface area contributed by atoms with Gasteiger partial charge in [0.1, 0.15) is 12.4 Å². The molecule has 0 saturated heterocycles. The van der Waals surface area contributed by atoms with Gasteiger partial charge in [-0.05, 0) is 49.9 Å². The predicted molar refractivity (Wildman–Crippen MR) is 86.7 cm³/mol. The molecule has 1 saturated carbocycles. The first-order chi connectivity index (χ1) is 10.4. The zero-order valence-corrected chi connectivity index (χ0v) is 13.3. The lowest BCUT2D eigenvalue weighted by atomic mass is 9.89. The Morgan fingerprint density at radius 3 is 2.52 bits per heavy atom. The SMILES string of the molecule is CCOCCOc1ccc(CNCC2CCCCC2)cc1. The van der Waals surface area contributed by atoms with Crippen molar-refractivity contribution in [2.24, 2.45) is 5.92 Å². The maximum Gasteiger partial charge on any atom is 0.119 e. The molecule has 1 aromatic carbocycles. The molecule has 0 bridgehead atoms. The Balaban J connectivity index is 1.62. The normalized spacial score (nSPS) is 16.0. The largest absolute Gasteiger partial charge is 0.491 e. The number of hydrogen-bond donors (Lipinski definition) is 1. The van der Waals surface area contributed by atoms with Gasteiger partial charge in [-0.25, -0.2) is 0 Å². The van der Waals surface area contributed by atoms with Gasteiger partial charge in [-0.1, -0.05) is 31.4 Å². The van der Waals surface area contributed by atoms with E-state index in [4.69, 9.17) is 9.47 Å². The molecule has 3 heteroatoms. The van der Waals surface area contributed by atoms with E-state index in [0.717, 1.165) is 31.4 Å². The Morgan fingerprint density at radius 1 is 1.05 bits per heavy atom. The number of nitrogens with one attached hydrogen (secondary N) is 1. The van der Waals surface area contributed by atoms with Gasteiger partial charge < -0.3 is 14.8 Å². The fraction of sp³-hybridized carbons (Fsp3) is 0.667. The molecule has 3 nitrogen and oxygen atoms in total. The van der Waals surface area contributed by atoms with Gasteiger partial charge >= 0.3 is 0 Å². The van der Waals surface area contributed by atoms with Crippen molar-refractivity contribution in [3.05, 3.63) is 29.8 Å². The van der Waals surface area contributed by atoms with E-state index in [0.29, 0.717) is 13.2 Å². The van der Waals surface area contributed by atoms with Crippen LogP contribution in [0.5, 0.6) is 5.75 Å². The molecule has 0 radical (unpaired) electrons. The third kappa shape index (κ3) is 6.49. The molecule has 1 N–H and O–H groups in total. The Morgan fingerprint density at radius 2 is 1.81 bits per heavy atom. The second kappa shape index (κ2) is 9.80. The highest BCUT2D eigenvalue weighted by Gasteiger charge is 2.12. The molecule has 0 amide bonds. The van der Waals surface area contributed by atoms with E-state index in [-0.39, 0.29) is 0 Å². The average molecular weight is 291 g/mol. The van der Waals surface area contributed by atoms with Crippen LogP contribution in [-0.2, 0) is 11.3 Å². The lowest BCUT2D eigenvalue weighted by Gasteiger charge is -2.21. The third-order valence-corrected chi connectivity index (χ3v) is 4.11. The standard InChI is InChI=1S/C18H29NO2/c1-2-20-12-13-21-18-10-8-17(9-11-18)15-19-14-16-6-4-3-5-7-16/h8-11,16,19H,2-7,12-15H2,1H3. The number of ether oxygens (including phenoxy) is 2. The summed E-state index contributed by atoms with van der Waals surface area (Å²) in [7, 11) is 0. The van der Waals surface area contributed by atoms with Crippen molar-refractivity contribution < 1.29 is 9.47 Å². The van der Waals surface area contributed by atoms with Gasteiger partial charge in [0.25, 0.3) is 0 Å². The molecular formula is C18H29NO2. The third-order valence-electron chi connectivity index (χ3n) is 4.11. The predicted octanol–water partition coefficient (Wildman–Crippen LogP) is 3.77. The van der Waals surface area contributed by atoms with Crippen molar-refractivity contribution in [3.63, 3.8) is 0 Å². The van der Waals surface area contributed by atoms with E-state index in [1.54, 1.807) is 0 Å². The summed E-state index contributed by atoms with van der Waals surface area (Å²) in [6.07, 6.45) is 7.07. The average Bonchev–Trinajstić information content (AvgIpc) is 2.54. The molecule has 0 aromatic heterocycles. The highest BCUT2D eigenvalue weighted by Crippen LogP contribution is 2.22. The van der Waals surface area contributed by atoms with Gasteiger partial charge in [-0.3, -0.25) is 0 Å². The van der Waals surface area contributed by atoms with Gasteiger partial charge in [0.15, 0.2) is 0 Å². The molecule has 0 unspecified atom stereocenters. The van der Waals surface area contributed by atoms with Crippen molar-refractivity contribution in [2.75, 3.05) is 26.4 Å². The van der Waals surface area contributed by atoms with Crippen LogP contribution in [0.4, 0.5) is 0 Å². The quantitative estimate of drug-likeness (QED) is 0.703. The summed E-state index contributed by atoms with van der Waals surface area (Å²) in [5.41, 5.74) is 1.32. The molecule has 1 aliphatic rings. The Bertz CT molecular complexity index is 371. The zero-order chi connectivity index (χ0) is 14.8. The summed E-state index contributed by atoms with van der Waals surface area (Å²) in [6, 6.07) is 8.38. The van der Waals surface area contributed by atoms with Crippen molar-refractivity contribution in [1.82, 2.24) is 5.32 Å². The first-order valence-electron chi connectivity index (χ1n) is 8.38. The van der Waals surface area contributed by atoms with Crippen LogP contribution in [0.3, 0.4) is 0 Å².